The summed E-state index contributed by atoms with van der Waals surface area (Å²) < 4.78 is 6.34. The molecule has 1 fully saturated rings. The van der Waals surface area contributed by atoms with Gasteiger partial charge in [-0.3, -0.25) is 5.32 Å². The third-order valence-electron chi connectivity index (χ3n) is 3.00. The molecule has 1 aromatic carbocycles. The molecule has 0 unspecified atom stereocenters. The van der Waals surface area contributed by atoms with Gasteiger partial charge in [0.15, 0.2) is 0 Å². The standard InChI is InChI=1S/C13H16BrNO2/c1-9-8-10(14)6-7-12(9)15-13(16)17-11-4-2-3-5-11/h6-8,11H,2-5H2,1H3,(H,15,16). The van der Waals surface area contributed by atoms with Crippen LogP contribution in [0.1, 0.15) is 31.2 Å². The average molecular weight is 298 g/mol. The van der Waals surface area contributed by atoms with Crippen LogP contribution in [0.5, 0.6) is 0 Å². The Balaban J connectivity index is 1.93. The molecular weight excluding hydrogens is 282 g/mol. The molecular formula is C13H16BrNO2. The largest absolute Gasteiger partial charge is 0.446 e. The van der Waals surface area contributed by atoms with Crippen LogP contribution in [0.4, 0.5) is 10.5 Å². The van der Waals surface area contributed by atoms with E-state index in [1.54, 1.807) is 0 Å². The maximum Gasteiger partial charge on any atom is 0.411 e. The SMILES string of the molecule is Cc1cc(Br)ccc1NC(=O)OC1CCCC1. The lowest BCUT2D eigenvalue weighted by Gasteiger charge is -2.13. The van der Waals surface area contributed by atoms with Gasteiger partial charge >= 0.3 is 6.09 Å². The molecule has 92 valence electrons. The van der Waals surface area contributed by atoms with Gasteiger partial charge in [-0.05, 0) is 56.4 Å². The normalized spacial score (nSPS) is 15.9. The molecule has 0 aliphatic heterocycles. The zero-order chi connectivity index (χ0) is 12.3. The minimum absolute atomic E-state index is 0.103. The fourth-order valence-electron chi connectivity index (χ4n) is 2.06. The fourth-order valence-corrected chi connectivity index (χ4v) is 2.54. The molecule has 4 heteroatoms. The second kappa shape index (κ2) is 5.54. The minimum atomic E-state index is -0.345. The summed E-state index contributed by atoms with van der Waals surface area (Å²) in [5, 5.41) is 2.78. The van der Waals surface area contributed by atoms with Crippen molar-refractivity contribution in [2.24, 2.45) is 0 Å². The number of rotatable bonds is 2. The van der Waals surface area contributed by atoms with E-state index in [1.165, 1.54) is 0 Å². The van der Waals surface area contributed by atoms with Crippen molar-refractivity contribution in [3.8, 4) is 0 Å². The fraction of sp³-hybridized carbons (Fsp3) is 0.462. The Morgan fingerprint density at radius 1 is 1.41 bits per heavy atom. The molecule has 1 aliphatic carbocycles. The van der Waals surface area contributed by atoms with Gasteiger partial charge in [0.1, 0.15) is 6.10 Å². The maximum absolute atomic E-state index is 11.7. The predicted molar refractivity (Wildman–Crippen MR) is 71.2 cm³/mol. The van der Waals surface area contributed by atoms with E-state index in [9.17, 15) is 4.79 Å². The number of amides is 1. The van der Waals surface area contributed by atoms with Crippen LogP contribution in [0.25, 0.3) is 0 Å². The smallest absolute Gasteiger partial charge is 0.411 e. The number of benzene rings is 1. The van der Waals surface area contributed by atoms with Crippen LogP contribution < -0.4 is 5.32 Å². The van der Waals surface area contributed by atoms with Crippen molar-refractivity contribution in [2.75, 3.05) is 5.32 Å². The lowest BCUT2D eigenvalue weighted by atomic mass is 10.2. The summed E-state index contributed by atoms with van der Waals surface area (Å²) in [6, 6.07) is 5.73. The number of anilines is 1. The lowest BCUT2D eigenvalue weighted by Crippen LogP contribution is -2.20. The van der Waals surface area contributed by atoms with Crippen LogP contribution in [0, 0.1) is 6.92 Å². The van der Waals surface area contributed by atoms with Crippen LogP contribution in [0.3, 0.4) is 0 Å². The topological polar surface area (TPSA) is 38.3 Å². The van der Waals surface area contributed by atoms with Gasteiger partial charge in [0.2, 0.25) is 0 Å². The number of carbonyl (C=O) groups excluding carboxylic acids is 1. The Morgan fingerprint density at radius 2 is 2.12 bits per heavy atom. The van der Waals surface area contributed by atoms with E-state index in [0.717, 1.165) is 41.4 Å². The Hall–Kier alpha value is -1.03. The molecule has 0 bridgehead atoms. The first-order valence-corrected chi connectivity index (χ1v) is 6.68. The van der Waals surface area contributed by atoms with Crippen LogP contribution in [-0.2, 0) is 4.74 Å². The average Bonchev–Trinajstić information content (AvgIpc) is 2.75. The molecule has 2 rings (SSSR count). The summed E-state index contributed by atoms with van der Waals surface area (Å²) >= 11 is 3.39. The number of halogens is 1. The summed E-state index contributed by atoms with van der Waals surface area (Å²) in [5.41, 5.74) is 1.82. The monoisotopic (exact) mass is 297 g/mol. The van der Waals surface area contributed by atoms with Crippen molar-refractivity contribution in [1.82, 2.24) is 0 Å². The minimum Gasteiger partial charge on any atom is -0.446 e. The number of aryl methyl sites for hydroxylation is 1. The van der Waals surface area contributed by atoms with Gasteiger partial charge in [-0.25, -0.2) is 4.79 Å². The molecule has 3 nitrogen and oxygen atoms in total. The van der Waals surface area contributed by atoms with E-state index < -0.39 is 0 Å². The van der Waals surface area contributed by atoms with Crippen LogP contribution in [-0.4, -0.2) is 12.2 Å². The quantitative estimate of drug-likeness (QED) is 0.886. The number of hydrogen-bond acceptors (Lipinski definition) is 2. The molecule has 1 aromatic rings. The highest BCUT2D eigenvalue weighted by Gasteiger charge is 2.19. The number of carbonyl (C=O) groups is 1. The molecule has 1 N–H and O–H groups in total. The summed E-state index contributed by atoms with van der Waals surface area (Å²) in [6.07, 6.45) is 4.07. The highest BCUT2D eigenvalue weighted by Crippen LogP contribution is 2.23. The molecule has 0 spiro atoms. The van der Waals surface area contributed by atoms with Gasteiger partial charge in [0, 0.05) is 10.2 Å². The first-order valence-electron chi connectivity index (χ1n) is 5.89. The van der Waals surface area contributed by atoms with Gasteiger partial charge in [-0.15, -0.1) is 0 Å². The molecule has 0 aromatic heterocycles. The Bertz CT molecular complexity index is 414. The molecule has 0 heterocycles. The second-order valence-corrected chi connectivity index (χ2v) is 5.31. The first kappa shape index (κ1) is 12.4. The molecule has 1 amide bonds. The van der Waals surface area contributed by atoms with Crippen molar-refractivity contribution in [1.29, 1.82) is 0 Å². The van der Waals surface area contributed by atoms with Crippen LogP contribution in [0.15, 0.2) is 22.7 Å². The molecule has 1 aliphatic rings. The first-order chi connectivity index (χ1) is 8.15. The van der Waals surface area contributed by atoms with Crippen LogP contribution >= 0.6 is 15.9 Å². The third kappa shape index (κ3) is 3.46. The van der Waals surface area contributed by atoms with E-state index in [2.05, 4.69) is 21.2 Å². The second-order valence-electron chi connectivity index (χ2n) is 4.40. The Kier molecular flexibility index (Phi) is 4.05. The summed E-state index contributed by atoms with van der Waals surface area (Å²) in [7, 11) is 0. The zero-order valence-corrected chi connectivity index (χ0v) is 11.4. The molecule has 17 heavy (non-hydrogen) atoms. The molecule has 0 radical (unpaired) electrons. The Labute approximate surface area is 110 Å². The van der Waals surface area contributed by atoms with Gasteiger partial charge in [-0.1, -0.05) is 15.9 Å². The van der Waals surface area contributed by atoms with Gasteiger partial charge in [-0.2, -0.15) is 0 Å². The highest BCUT2D eigenvalue weighted by molar-refractivity contribution is 9.10. The maximum atomic E-state index is 11.7. The van der Waals surface area contributed by atoms with E-state index in [4.69, 9.17) is 4.74 Å². The van der Waals surface area contributed by atoms with E-state index in [-0.39, 0.29) is 12.2 Å². The van der Waals surface area contributed by atoms with E-state index in [1.807, 2.05) is 25.1 Å². The number of nitrogens with one attached hydrogen (secondary N) is 1. The highest BCUT2D eigenvalue weighted by atomic mass is 79.9. The predicted octanol–water partition coefficient (Wildman–Crippen LogP) is 4.25. The molecule has 0 atom stereocenters. The summed E-state index contributed by atoms with van der Waals surface area (Å²) in [4.78, 5) is 11.7. The van der Waals surface area contributed by atoms with Crippen molar-refractivity contribution < 1.29 is 9.53 Å². The van der Waals surface area contributed by atoms with Crippen molar-refractivity contribution in [3.63, 3.8) is 0 Å². The van der Waals surface area contributed by atoms with E-state index >= 15 is 0 Å². The number of ether oxygens (including phenoxy) is 1. The van der Waals surface area contributed by atoms with Crippen molar-refractivity contribution in [3.05, 3.63) is 28.2 Å². The van der Waals surface area contributed by atoms with Gasteiger partial charge in [0.25, 0.3) is 0 Å². The van der Waals surface area contributed by atoms with Crippen molar-refractivity contribution in [2.45, 2.75) is 38.7 Å². The van der Waals surface area contributed by atoms with Gasteiger partial charge < -0.3 is 4.74 Å². The Morgan fingerprint density at radius 3 is 2.76 bits per heavy atom. The molecule has 1 saturated carbocycles. The zero-order valence-electron chi connectivity index (χ0n) is 9.83. The van der Waals surface area contributed by atoms with Crippen molar-refractivity contribution >= 4 is 27.7 Å². The number of hydrogen-bond donors (Lipinski definition) is 1. The lowest BCUT2D eigenvalue weighted by molar-refractivity contribution is 0.114. The third-order valence-corrected chi connectivity index (χ3v) is 3.49. The summed E-state index contributed by atoms with van der Waals surface area (Å²) in [5.74, 6) is 0. The van der Waals surface area contributed by atoms with Gasteiger partial charge in [0.05, 0.1) is 0 Å². The summed E-state index contributed by atoms with van der Waals surface area (Å²) in [6.45, 7) is 1.95. The molecule has 0 saturated heterocycles. The van der Waals surface area contributed by atoms with Crippen LogP contribution in [0.2, 0.25) is 0 Å². The van der Waals surface area contributed by atoms with E-state index in [0.29, 0.717) is 0 Å².